The van der Waals surface area contributed by atoms with E-state index in [1.54, 1.807) is 12.1 Å². The Kier molecular flexibility index (Phi) is 2.60. The van der Waals surface area contributed by atoms with Gasteiger partial charge in [-0.2, -0.15) is 0 Å². The molecule has 0 fully saturated rings. The molecule has 3 heteroatoms. The van der Waals surface area contributed by atoms with Gasteiger partial charge >= 0.3 is 0 Å². The van der Waals surface area contributed by atoms with Gasteiger partial charge in [0.25, 0.3) is 0 Å². The predicted molar refractivity (Wildman–Crippen MR) is 88.7 cm³/mol. The fourth-order valence-electron chi connectivity index (χ4n) is 4.54. The van der Waals surface area contributed by atoms with Gasteiger partial charge < -0.3 is 14.9 Å². The SMILES string of the molecule is CC1(C)CC2(OC(C)(C)c3ccc(O)cc32)c2cc(O)ccc21. The van der Waals surface area contributed by atoms with Gasteiger partial charge in [0.15, 0.2) is 0 Å². The minimum Gasteiger partial charge on any atom is -0.508 e. The molecule has 0 bridgehead atoms. The van der Waals surface area contributed by atoms with Gasteiger partial charge in [0.05, 0.1) is 5.60 Å². The van der Waals surface area contributed by atoms with Gasteiger partial charge in [0, 0.05) is 0 Å². The van der Waals surface area contributed by atoms with Crippen LogP contribution in [0.2, 0.25) is 0 Å². The molecule has 0 radical (unpaired) electrons. The Hall–Kier alpha value is -2.00. The largest absolute Gasteiger partial charge is 0.508 e. The van der Waals surface area contributed by atoms with Crippen molar-refractivity contribution in [3.8, 4) is 11.5 Å². The molecule has 0 aromatic heterocycles. The van der Waals surface area contributed by atoms with Crippen molar-refractivity contribution in [2.45, 2.75) is 50.7 Å². The standard InChI is InChI=1S/C20H22O3/c1-18(2)11-20(16-9-12(21)5-7-14(16)18)17-10-13(22)6-8-15(17)19(3,4)23-20/h5-10,21-22H,11H2,1-4H3. The van der Waals surface area contributed by atoms with Gasteiger partial charge in [-0.3, -0.25) is 0 Å². The van der Waals surface area contributed by atoms with Crippen LogP contribution in [0, 0.1) is 0 Å². The molecule has 1 heterocycles. The van der Waals surface area contributed by atoms with Gasteiger partial charge in [0.1, 0.15) is 17.1 Å². The lowest BCUT2D eigenvalue weighted by molar-refractivity contribution is -0.106. The molecule has 3 nitrogen and oxygen atoms in total. The summed E-state index contributed by atoms with van der Waals surface area (Å²) in [5, 5.41) is 20.1. The highest BCUT2D eigenvalue weighted by Gasteiger charge is 2.57. The van der Waals surface area contributed by atoms with Crippen LogP contribution in [0.1, 0.15) is 56.4 Å². The highest BCUT2D eigenvalue weighted by molar-refractivity contribution is 5.58. The smallest absolute Gasteiger partial charge is 0.121 e. The molecule has 1 aliphatic heterocycles. The van der Waals surface area contributed by atoms with E-state index in [-0.39, 0.29) is 16.9 Å². The number of ether oxygens (including phenoxy) is 1. The van der Waals surface area contributed by atoms with Crippen molar-refractivity contribution in [1.82, 2.24) is 0 Å². The van der Waals surface area contributed by atoms with Crippen LogP contribution in [0.5, 0.6) is 11.5 Å². The van der Waals surface area contributed by atoms with Gasteiger partial charge in [-0.15, -0.1) is 0 Å². The van der Waals surface area contributed by atoms with E-state index in [2.05, 4.69) is 27.7 Å². The first-order chi connectivity index (χ1) is 10.7. The number of phenolic OH excluding ortho intramolecular Hbond substituents is 2. The summed E-state index contributed by atoms with van der Waals surface area (Å²) in [6.45, 7) is 8.53. The Morgan fingerprint density at radius 2 is 1.30 bits per heavy atom. The summed E-state index contributed by atoms with van der Waals surface area (Å²) in [5.74, 6) is 0.492. The maximum Gasteiger partial charge on any atom is 0.121 e. The third-order valence-electron chi connectivity index (χ3n) is 5.37. The minimum absolute atomic E-state index is 0.0633. The van der Waals surface area contributed by atoms with Gasteiger partial charge in [-0.05, 0) is 72.2 Å². The average molecular weight is 310 g/mol. The van der Waals surface area contributed by atoms with Crippen molar-refractivity contribution >= 4 is 0 Å². The molecule has 2 aromatic rings. The molecule has 0 saturated carbocycles. The van der Waals surface area contributed by atoms with E-state index in [0.717, 1.165) is 23.1 Å². The maximum atomic E-state index is 10.0. The van der Waals surface area contributed by atoms with Crippen molar-refractivity contribution in [3.63, 3.8) is 0 Å². The summed E-state index contributed by atoms with van der Waals surface area (Å²) in [7, 11) is 0. The molecule has 120 valence electrons. The first-order valence-electron chi connectivity index (χ1n) is 8.04. The second kappa shape index (κ2) is 4.09. The van der Waals surface area contributed by atoms with Gasteiger partial charge in [-0.1, -0.05) is 26.0 Å². The number of rotatable bonds is 0. The van der Waals surface area contributed by atoms with Crippen LogP contribution in [0.3, 0.4) is 0 Å². The van der Waals surface area contributed by atoms with Crippen LogP contribution in [-0.2, 0) is 21.4 Å². The third-order valence-corrected chi connectivity index (χ3v) is 5.37. The van der Waals surface area contributed by atoms with Gasteiger partial charge in [0.2, 0.25) is 0 Å². The molecule has 23 heavy (non-hydrogen) atoms. The van der Waals surface area contributed by atoms with E-state index < -0.39 is 11.2 Å². The molecule has 4 rings (SSSR count). The molecule has 1 spiro atoms. The summed E-state index contributed by atoms with van der Waals surface area (Å²) in [6, 6.07) is 11.0. The first-order valence-corrected chi connectivity index (χ1v) is 8.04. The molecule has 0 saturated heterocycles. The minimum atomic E-state index is -0.616. The van der Waals surface area contributed by atoms with Crippen LogP contribution in [0.25, 0.3) is 0 Å². The Balaban J connectivity index is 2.06. The highest BCUT2D eigenvalue weighted by atomic mass is 16.5. The Morgan fingerprint density at radius 1 is 0.783 bits per heavy atom. The van der Waals surface area contributed by atoms with E-state index in [1.165, 1.54) is 5.56 Å². The van der Waals surface area contributed by atoms with Crippen LogP contribution in [-0.4, -0.2) is 10.2 Å². The predicted octanol–water partition coefficient (Wildman–Crippen LogP) is 4.29. The normalized spacial score (nSPS) is 26.3. The topological polar surface area (TPSA) is 49.7 Å². The fourth-order valence-corrected chi connectivity index (χ4v) is 4.54. The molecule has 1 atom stereocenters. The number of phenols is 2. The number of fused-ring (bicyclic) bond motifs is 4. The van der Waals surface area contributed by atoms with Crippen molar-refractivity contribution in [2.24, 2.45) is 0 Å². The lowest BCUT2D eigenvalue weighted by atomic mass is 9.82. The van der Waals surface area contributed by atoms with E-state index >= 15 is 0 Å². The summed E-state index contributed by atoms with van der Waals surface area (Å²) in [5.41, 5.74) is 3.21. The third kappa shape index (κ3) is 1.80. The molecule has 2 N–H and O–H groups in total. The molecular weight excluding hydrogens is 288 g/mol. The van der Waals surface area contributed by atoms with Crippen molar-refractivity contribution < 1.29 is 14.9 Å². The van der Waals surface area contributed by atoms with Crippen molar-refractivity contribution in [3.05, 3.63) is 58.7 Å². The summed E-state index contributed by atoms with van der Waals surface area (Å²) < 4.78 is 6.62. The summed E-state index contributed by atoms with van der Waals surface area (Å²) in [4.78, 5) is 0. The molecule has 2 aromatic carbocycles. The van der Waals surface area contributed by atoms with Crippen LogP contribution in [0.4, 0.5) is 0 Å². The first kappa shape index (κ1) is 14.6. The zero-order chi connectivity index (χ0) is 16.6. The van der Waals surface area contributed by atoms with E-state index in [4.69, 9.17) is 4.74 Å². The molecule has 0 amide bonds. The number of hydrogen-bond acceptors (Lipinski definition) is 3. The van der Waals surface area contributed by atoms with E-state index in [0.29, 0.717) is 0 Å². The van der Waals surface area contributed by atoms with E-state index in [9.17, 15) is 10.2 Å². The second-order valence-electron chi connectivity index (χ2n) is 7.96. The molecule has 2 aliphatic rings. The van der Waals surface area contributed by atoms with E-state index in [1.807, 2.05) is 24.3 Å². The molecule has 1 aliphatic carbocycles. The maximum absolute atomic E-state index is 10.0. The summed E-state index contributed by atoms with van der Waals surface area (Å²) in [6.07, 6.45) is 0.790. The monoisotopic (exact) mass is 310 g/mol. The fraction of sp³-hybridized carbons (Fsp3) is 0.400. The zero-order valence-electron chi connectivity index (χ0n) is 14.0. The second-order valence-corrected chi connectivity index (χ2v) is 7.96. The van der Waals surface area contributed by atoms with Crippen LogP contribution in [0.15, 0.2) is 36.4 Å². The Morgan fingerprint density at radius 3 is 1.91 bits per heavy atom. The van der Waals surface area contributed by atoms with Crippen molar-refractivity contribution in [2.75, 3.05) is 0 Å². The van der Waals surface area contributed by atoms with Gasteiger partial charge in [-0.25, -0.2) is 0 Å². The highest BCUT2D eigenvalue weighted by Crippen LogP contribution is 2.61. The number of benzene rings is 2. The lowest BCUT2D eigenvalue weighted by Gasteiger charge is -2.31. The van der Waals surface area contributed by atoms with Crippen LogP contribution < -0.4 is 0 Å². The summed E-state index contributed by atoms with van der Waals surface area (Å²) >= 11 is 0. The zero-order valence-corrected chi connectivity index (χ0v) is 14.0. The molecule has 1 unspecified atom stereocenters. The average Bonchev–Trinajstić information content (AvgIpc) is 2.78. The quantitative estimate of drug-likeness (QED) is 0.763. The molecular formula is C20H22O3. The van der Waals surface area contributed by atoms with Crippen molar-refractivity contribution in [1.29, 1.82) is 0 Å². The lowest BCUT2D eigenvalue weighted by Crippen LogP contribution is -2.30. The number of aromatic hydroxyl groups is 2. The number of hydrogen-bond donors (Lipinski definition) is 2. The van der Waals surface area contributed by atoms with Crippen LogP contribution >= 0.6 is 0 Å². The Labute approximate surface area is 136 Å². The Bertz CT molecular complexity index is 748.